The molecule has 0 spiro atoms. The van der Waals surface area contributed by atoms with Crippen LogP contribution in [-0.2, 0) is 14.4 Å². The molecule has 3 rings (SSSR count). The topological polar surface area (TPSA) is 111 Å². The zero-order valence-corrected chi connectivity index (χ0v) is 16.4. The second-order valence-corrected chi connectivity index (χ2v) is 6.93. The van der Waals surface area contributed by atoms with Crippen LogP contribution in [-0.4, -0.2) is 38.0 Å². The molecule has 1 atom stereocenters. The predicted octanol–water partition coefficient (Wildman–Crippen LogP) is 2.20. The van der Waals surface area contributed by atoms with Gasteiger partial charge in [-0.2, -0.15) is 0 Å². The molecule has 3 amide bonds. The number of nitrogens with two attached hydrogens (primary N) is 1. The van der Waals surface area contributed by atoms with Crippen LogP contribution in [0, 0.1) is 5.92 Å². The van der Waals surface area contributed by atoms with E-state index in [0.29, 0.717) is 27.9 Å². The van der Waals surface area contributed by atoms with Crippen LogP contribution in [0.1, 0.15) is 6.42 Å². The van der Waals surface area contributed by atoms with Crippen LogP contribution in [0.15, 0.2) is 42.5 Å². The van der Waals surface area contributed by atoms with E-state index < -0.39 is 11.8 Å². The molecular weight excluding hydrogens is 398 g/mol. The third-order valence-corrected chi connectivity index (χ3v) is 4.65. The highest BCUT2D eigenvalue weighted by atomic mass is 35.5. The number of halogens is 1. The fraction of sp³-hybridized carbons (Fsp3) is 0.250. The molecule has 1 aliphatic heterocycles. The van der Waals surface area contributed by atoms with Crippen LogP contribution in [0.2, 0.25) is 5.02 Å². The van der Waals surface area contributed by atoms with Crippen LogP contribution in [0.4, 0.5) is 11.4 Å². The Bertz CT molecular complexity index is 949. The summed E-state index contributed by atoms with van der Waals surface area (Å²) in [7, 11) is 1.50. The number of primary amides is 1. The number of nitrogens with zero attached hydrogens (tertiary/aromatic N) is 1. The average Bonchev–Trinajstić information content (AvgIpc) is 3.08. The maximum absolute atomic E-state index is 12.7. The van der Waals surface area contributed by atoms with Gasteiger partial charge in [-0.1, -0.05) is 17.7 Å². The largest absolute Gasteiger partial charge is 0.495 e. The number of nitrogens with one attached hydrogen (secondary N) is 1. The Balaban J connectivity index is 1.69. The van der Waals surface area contributed by atoms with Crippen molar-refractivity contribution in [3.63, 3.8) is 0 Å². The van der Waals surface area contributed by atoms with Crippen molar-refractivity contribution >= 4 is 40.7 Å². The van der Waals surface area contributed by atoms with E-state index in [2.05, 4.69) is 5.32 Å². The molecule has 8 nitrogen and oxygen atoms in total. The van der Waals surface area contributed by atoms with E-state index >= 15 is 0 Å². The summed E-state index contributed by atoms with van der Waals surface area (Å²) in [5.74, 6) is -0.725. The molecule has 2 aromatic rings. The number of amides is 3. The van der Waals surface area contributed by atoms with Gasteiger partial charge in [0.25, 0.3) is 5.91 Å². The van der Waals surface area contributed by atoms with Crippen molar-refractivity contribution < 1.29 is 23.9 Å². The Morgan fingerprint density at radius 2 is 2.07 bits per heavy atom. The first-order chi connectivity index (χ1) is 13.9. The lowest BCUT2D eigenvalue weighted by atomic mass is 10.1. The highest BCUT2D eigenvalue weighted by molar-refractivity contribution is 6.31. The molecule has 152 valence electrons. The highest BCUT2D eigenvalue weighted by Gasteiger charge is 2.36. The van der Waals surface area contributed by atoms with Crippen molar-refractivity contribution in [1.29, 1.82) is 0 Å². The summed E-state index contributed by atoms with van der Waals surface area (Å²) in [6.07, 6.45) is 0.0688. The standard InChI is InChI=1S/C20H20ClN3O5/c1-28-17-6-5-13(21)8-16(17)24-10-12(7-19(24)26)20(27)23-14-3-2-4-15(9-14)29-11-18(22)25/h2-6,8-9,12H,7,10-11H2,1H3,(H2,22,25)(H,23,27)/t12-/m0/s1. The molecule has 0 unspecified atom stereocenters. The summed E-state index contributed by atoms with van der Waals surface area (Å²) in [5.41, 5.74) is 6.08. The van der Waals surface area contributed by atoms with Crippen LogP contribution in [0.5, 0.6) is 11.5 Å². The second kappa shape index (κ2) is 8.83. The minimum atomic E-state index is -0.597. The van der Waals surface area contributed by atoms with Crippen molar-refractivity contribution in [3.05, 3.63) is 47.5 Å². The quantitative estimate of drug-likeness (QED) is 0.717. The lowest BCUT2D eigenvalue weighted by Gasteiger charge is -2.20. The predicted molar refractivity (Wildman–Crippen MR) is 108 cm³/mol. The Morgan fingerprint density at radius 1 is 1.28 bits per heavy atom. The Hall–Kier alpha value is -3.26. The van der Waals surface area contributed by atoms with Crippen molar-refractivity contribution in [2.24, 2.45) is 11.7 Å². The van der Waals surface area contributed by atoms with Crippen molar-refractivity contribution in [2.75, 3.05) is 30.5 Å². The molecule has 1 aliphatic rings. The van der Waals surface area contributed by atoms with E-state index in [9.17, 15) is 14.4 Å². The maximum Gasteiger partial charge on any atom is 0.255 e. The fourth-order valence-electron chi connectivity index (χ4n) is 3.05. The highest BCUT2D eigenvalue weighted by Crippen LogP contribution is 2.35. The minimum absolute atomic E-state index is 0.0688. The third kappa shape index (κ3) is 4.97. The molecule has 9 heteroatoms. The molecular formula is C20H20ClN3O5. The van der Waals surface area contributed by atoms with Crippen molar-refractivity contribution in [2.45, 2.75) is 6.42 Å². The molecule has 0 bridgehead atoms. The normalized spacial score (nSPS) is 15.9. The first kappa shape index (κ1) is 20.5. The molecule has 1 fully saturated rings. The summed E-state index contributed by atoms with van der Waals surface area (Å²) in [4.78, 5) is 37.5. The molecule has 1 heterocycles. The first-order valence-corrected chi connectivity index (χ1v) is 9.21. The van der Waals surface area contributed by atoms with Crippen LogP contribution < -0.4 is 25.4 Å². The second-order valence-electron chi connectivity index (χ2n) is 6.49. The zero-order valence-electron chi connectivity index (χ0n) is 15.7. The molecule has 3 N–H and O–H groups in total. The smallest absolute Gasteiger partial charge is 0.255 e. The average molecular weight is 418 g/mol. The number of anilines is 2. The number of rotatable bonds is 7. The van der Waals surface area contributed by atoms with E-state index in [1.54, 1.807) is 42.5 Å². The maximum atomic E-state index is 12.7. The van der Waals surface area contributed by atoms with Gasteiger partial charge >= 0.3 is 0 Å². The van der Waals surface area contributed by atoms with Gasteiger partial charge < -0.3 is 25.4 Å². The van der Waals surface area contributed by atoms with Gasteiger partial charge in [0.1, 0.15) is 11.5 Å². The number of hydrogen-bond acceptors (Lipinski definition) is 5. The van der Waals surface area contributed by atoms with Gasteiger partial charge in [0.05, 0.1) is 18.7 Å². The van der Waals surface area contributed by atoms with Crippen LogP contribution in [0.25, 0.3) is 0 Å². The van der Waals surface area contributed by atoms with E-state index in [4.69, 9.17) is 26.8 Å². The molecule has 2 aromatic carbocycles. The lowest BCUT2D eigenvalue weighted by molar-refractivity contribution is -0.122. The summed E-state index contributed by atoms with van der Waals surface area (Å²) in [6, 6.07) is 11.6. The van der Waals surface area contributed by atoms with Gasteiger partial charge in [-0.3, -0.25) is 14.4 Å². The minimum Gasteiger partial charge on any atom is -0.495 e. The zero-order chi connectivity index (χ0) is 21.0. The van der Waals surface area contributed by atoms with Gasteiger partial charge in [-0.05, 0) is 30.3 Å². The summed E-state index contributed by atoms with van der Waals surface area (Å²) in [6.45, 7) is -0.0514. The number of carbonyl (C=O) groups is 3. The third-order valence-electron chi connectivity index (χ3n) is 4.41. The van der Waals surface area contributed by atoms with Gasteiger partial charge in [0, 0.05) is 29.7 Å². The van der Waals surface area contributed by atoms with Crippen LogP contribution in [0.3, 0.4) is 0 Å². The number of benzene rings is 2. The van der Waals surface area contributed by atoms with Gasteiger partial charge in [0.2, 0.25) is 11.8 Å². The Labute approximate surface area is 172 Å². The van der Waals surface area contributed by atoms with Gasteiger partial charge in [-0.25, -0.2) is 0 Å². The number of hydrogen-bond donors (Lipinski definition) is 2. The van der Waals surface area contributed by atoms with Crippen LogP contribution >= 0.6 is 11.6 Å². The summed E-state index contributed by atoms with van der Waals surface area (Å²) < 4.78 is 10.5. The monoisotopic (exact) mass is 417 g/mol. The van der Waals surface area contributed by atoms with Crippen molar-refractivity contribution in [3.8, 4) is 11.5 Å². The first-order valence-electron chi connectivity index (χ1n) is 8.83. The molecule has 0 aromatic heterocycles. The SMILES string of the molecule is COc1ccc(Cl)cc1N1C[C@@H](C(=O)Nc2cccc(OCC(N)=O)c2)CC1=O. The molecule has 0 aliphatic carbocycles. The Morgan fingerprint density at radius 3 is 2.79 bits per heavy atom. The van der Waals surface area contributed by atoms with E-state index in [1.165, 1.54) is 12.0 Å². The molecule has 1 saturated heterocycles. The number of methoxy groups -OCH3 is 1. The van der Waals surface area contributed by atoms with E-state index in [0.717, 1.165) is 0 Å². The van der Waals surface area contributed by atoms with Gasteiger partial charge in [-0.15, -0.1) is 0 Å². The summed E-state index contributed by atoms with van der Waals surface area (Å²) >= 11 is 6.05. The lowest BCUT2D eigenvalue weighted by Crippen LogP contribution is -2.28. The van der Waals surface area contributed by atoms with E-state index in [-0.39, 0.29) is 31.4 Å². The summed E-state index contributed by atoms with van der Waals surface area (Å²) in [5, 5.41) is 3.24. The Kier molecular flexibility index (Phi) is 6.23. The molecule has 0 saturated carbocycles. The van der Waals surface area contributed by atoms with Gasteiger partial charge in [0.15, 0.2) is 6.61 Å². The number of carbonyl (C=O) groups excluding carboxylic acids is 3. The van der Waals surface area contributed by atoms with E-state index in [1.807, 2.05) is 0 Å². The molecule has 29 heavy (non-hydrogen) atoms. The van der Waals surface area contributed by atoms with Crippen molar-refractivity contribution in [1.82, 2.24) is 0 Å². The fourth-order valence-corrected chi connectivity index (χ4v) is 3.22. The number of ether oxygens (including phenoxy) is 2. The molecule has 0 radical (unpaired) electrons.